The first-order chi connectivity index (χ1) is 12.6. The van der Waals surface area contributed by atoms with Gasteiger partial charge < -0.3 is 4.90 Å². The summed E-state index contributed by atoms with van der Waals surface area (Å²) >= 11 is 0. The summed E-state index contributed by atoms with van der Waals surface area (Å²) in [6, 6.07) is 6.12. The highest BCUT2D eigenvalue weighted by Gasteiger charge is 2.37. The van der Waals surface area contributed by atoms with Crippen LogP contribution in [0, 0.1) is 5.82 Å². The van der Waals surface area contributed by atoms with Crippen LogP contribution in [0.2, 0.25) is 0 Å². The molecule has 3 aliphatic rings. The number of hydrogen-bond donors (Lipinski definition) is 0. The van der Waals surface area contributed by atoms with E-state index >= 15 is 0 Å². The second-order valence-corrected chi connectivity index (χ2v) is 7.30. The van der Waals surface area contributed by atoms with Gasteiger partial charge in [-0.05, 0) is 37.1 Å². The molecule has 2 amide bonds. The molecule has 0 unspecified atom stereocenters. The van der Waals surface area contributed by atoms with Crippen molar-refractivity contribution in [3.63, 3.8) is 0 Å². The molecular formula is C20H24FN3O2. The Morgan fingerprint density at radius 3 is 2.19 bits per heavy atom. The van der Waals surface area contributed by atoms with Crippen LogP contribution in [0.3, 0.4) is 0 Å². The molecule has 0 atom stereocenters. The Bertz CT molecular complexity index is 717. The fourth-order valence-corrected chi connectivity index (χ4v) is 4.29. The lowest BCUT2D eigenvalue weighted by atomic mass is 9.94. The summed E-state index contributed by atoms with van der Waals surface area (Å²) in [5.74, 6) is -1.06. The van der Waals surface area contributed by atoms with Gasteiger partial charge in [-0.2, -0.15) is 0 Å². The maximum Gasteiger partial charge on any atom is 0.281 e. The molecule has 0 radical (unpaired) electrons. The minimum atomic E-state index is -0.389. The van der Waals surface area contributed by atoms with Crippen molar-refractivity contribution in [2.75, 3.05) is 31.1 Å². The largest absolute Gasteiger partial charge is 0.364 e. The zero-order chi connectivity index (χ0) is 18.1. The van der Waals surface area contributed by atoms with Gasteiger partial charge in [0.2, 0.25) is 0 Å². The van der Waals surface area contributed by atoms with E-state index in [0.29, 0.717) is 17.4 Å². The molecule has 0 N–H and O–H groups in total. The number of carbonyl (C=O) groups excluding carboxylic acids is 2. The second kappa shape index (κ2) is 7.19. The van der Waals surface area contributed by atoms with Gasteiger partial charge in [0.1, 0.15) is 11.5 Å². The van der Waals surface area contributed by atoms with Gasteiger partial charge >= 0.3 is 0 Å². The first-order valence-electron chi connectivity index (χ1n) is 9.48. The zero-order valence-electron chi connectivity index (χ0n) is 14.9. The molecule has 1 aromatic rings. The van der Waals surface area contributed by atoms with E-state index in [4.69, 9.17) is 0 Å². The Labute approximate surface area is 153 Å². The average molecular weight is 357 g/mol. The highest BCUT2D eigenvalue weighted by Crippen LogP contribution is 2.27. The van der Waals surface area contributed by atoms with Gasteiger partial charge in [0.25, 0.3) is 11.8 Å². The molecule has 2 aliphatic heterocycles. The number of carbonyl (C=O) groups is 2. The topological polar surface area (TPSA) is 43.9 Å². The lowest BCUT2D eigenvalue weighted by Gasteiger charge is -2.41. The van der Waals surface area contributed by atoms with E-state index in [2.05, 4.69) is 4.90 Å². The summed E-state index contributed by atoms with van der Waals surface area (Å²) in [6.45, 7) is 3.39. The van der Waals surface area contributed by atoms with E-state index in [0.717, 1.165) is 31.1 Å². The van der Waals surface area contributed by atoms with Crippen LogP contribution >= 0.6 is 0 Å². The minimum Gasteiger partial charge on any atom is -0.364 e. The number of hydrogen-bond acceptors (Lipinski definition) is 4. The Kier molecular flexibility index (Phi) is 4.76. The molecule has 26 heavy (non-hydrogen) atoms. The van der Waals surface area contributed by atoms with Crippen molar-refractivity contribution >= 4 is 17.5 Å². The van der Waals surface area contributed by atoms with E-state index in [9.17, 15) is 14.0 Å². The number of amides is 2. The van der Waals surface area contributed by atoms with Gasteiger partial charge in [0.05, 0.1) is 5.69 Å². The summed E-state index contributed by atoms with van der Waals surface area (Å²) in [5, 5.41) is 0. The van der Waals surface area contributed by atoms with Crippen LogP contribution in [0.4, 0.5) is 10.1 Å². The maximum absolute atomic E-state index is 13.1. The van der Waals surface area contributed by atoms with Crippen LogP contribution in [0.15, 0.2) is 36.0 Å². The van der Waals surface area contributed by atoms with Crippen molar-refractivity contribution in [1.82, 2.24) is 9.80 Å². The lowest BCUT2D eigenvalue weighted by molar-refractivity contribution is -0.121. The predicted molar refractivity (Wildman–Crippen MR) is 97.0 cm³/mol. The van der Waals surface area contributed by atoms with Crippen molar-refractivity contribution in [2.24, 2.45) is 0 Å². The molecular weight excluding hydrogens is 333 g/mol. The quantitative estimate of drug-likeness (QED) is 0.780. The van der Waals surface area contributed by atoms with E-state index in [1.165, 1.54) is 62.4 Å². The molecule has 1 saturated heterocycles. The van der Waals surface area contributed by atoms with Crippen molar-refractivity contribution in [2.45, 2.75) is 38.1 Å². The van der Waals surface area contributed by atoms with Gasteiger partial charge in [-0.1, -0.05) is 19.3 Å². The van der Waals surface area contributed by atoms with Crippen molar-refractivity contribution in [1.29, 1.82) is 0 Å². The van der Waals surface area contributed by atoms with Crippen LogP contribution < -0.4 is 4.90 Å². The van der Waals surface area contributed by atoms with Crippen molar-refractivity contribution < 1.29 is 14.0 Å². The third-order valence-corrected chi connectivity index (χ3v) is 5.73. The summed E-state index contributed by atoms with van der Waals surface area (Å²) in [6.07, 6.45) is 7.95. The van der Waals surface area contributed by atoms with Gasteiger partial charge in [-0.25, -0.2) is 9.29 Å². The molecule has 1 aliphatic carbocycles. The zero-order valence-corrected chi connectivity index (χ0v) is 14.9. The van der Waals surface area contributed by atoms with E-state index in [1.807, 2.05) is 4.90 Å². The molecule has 0 bridgehead atoms. The third kappa shape index (κ3) is 3.26. The molecule has 1 aromatic carbocycles. The Hall–Kier alpha value is -2.21. The van der Waals surface area contributed by atoms with Gasteiger partial charge in [0.15, 0.2) is 0 Å². The molecule has 138 valence electrons. The van der Waals surface area contributed by atoms with E-state index in [-0.39, 0.29) is 17.6 Å². The molecule has 4 rings (SSSR count). The van der Waals surface area contributed by atoms with Crippen LogP contribution in [-0.2, 0) is 9.59 Å². The Morgan fingerprint density at radius 1 is 0.885 bits per heavy atom. The Morgan fingerprint density at radius 2 is 1.54 bits per heavy atom. The van der Waals surface area contributed by atoms with Crippen molar-refractivity contribution in [3.8, 4) is 0 Å². The molecule has 5 nitrogen and oxygen atoms in total. The van der Waals surface area contributed by atoms with Crippen molar-refractivity contribution in [3.05, 3.63) is 41.9 Å². The van der Waals surface area contributed by atoms with Gasteiger partial charge in [-0.3, -0.25) is 14.5 Å². The monoisotopic (exact) mass is 357 g/mol. The van der Waals surface area contributed by atoms with E-state index < -0.39 is 0 Å². The maximum atomic E-state index is 13.1. The summed E-state index contributed by atoms with van der Waals surface area (Å²) in [5.41, 5.74) is 0.871. The van der Waals surface area contributed by atoms with Crippen LogP contribution in [0.1, 0.15) is 32.1 Å². The standard InChI is InChI=1S/C20H24FN3O2/c21-15-6-8-17(9-7-15)24-19(25)14-18(20(24)26)23-12-10-22(11-13-23)16-4-2-1-3-5-16/h6-9,14,16H,1-5,10-13H2. The lowest BCUT2D eigenvalue weighted by Crippen LogP contribution is -2.51. The molecule has 1 saturated carbocycles. The van der Waals surface area contributed by atoms with Crippen LogP contribution in [0.5, 0.6) is 0 Å². The molecule has 2 heterocycles. The predicted octanol–water partition coefficient (Wildman–Crippen LogP) is 2.53. The summed E-state index contributed by atoms with van der Waals surface area (Å²) in [7, 11) is 0. The number of rotatable bonds is 3. The fourth-order valence-electron chi connectivity index (χ4n) is 4.29. The summed E-state index contributed by atoms with van der Waals surface area (Å²) in [4.78, 5) is 30.8. The molecule has 2 fully saturated rings. The van der Waals surface area contributed by atoms with Crippen LogP contribution in [-0.4, -0.2) is 53.8 Å². The first kappa shape index (κ1) is 17.2. The number of halogens is 1. The minimum absolute atomic E-state index is 0.312. The third-order valence-electron chi connectivity index (χ3n) is 5.73. The number of piperazine rings is 1. The van der Waals surface area contributed by atoms with Gasteiger partial charge in [-0.15, -0.1) is 0 Å². The molecule has 0 spiro atoms. The molecule has 6 heteroatoms. The number of imide groups is 1. The highest BCUT2D eigenvalue weighted by atomic mass is 19.1. The van der Waals surface area contributed by atoms with Gasteiger partial charge in [0, 0.05) is 38.3 Å². The summed E-state index contributed by atoms with van der Waals surface area (Å²) < 4.78 is 13.1. The average Bonchev–Trinajstić information content (AvgIpc) is 2.98. The smallest absolute Gasteiger partial charge is 0.281 e. The number of nitrogens with zero attached hydrogens (tertiary/aromatic N) is 3. The second-order valence-electron chi connectivity index (χ2n) is 7.30. The Balaban J connectivity index is 1.41. The fraction of sp³-hybridized carbons (Fsp3) is 0.500. The normalized spacial score (nSPS) is 22.9. The number of anilines is 1. The van der Waals surface area contributed by atoms with Crippen LogP contribution in [0.25, 0.3) is 0 Å². The first-order valence-corrected chi connectivity index (χ1v) is 9.48. The highest BCUT2D eigenvalue weighted by molar-refractivity contribution is 6.30. The molecule has 0 aromatic heterocycles. The van der Waals surface area contributed by atoms with E-state index in [1.54, 1.807) is 0 Å². The SMILES string of the molecule is O=C1C=C(N2CCN(C3CCCCC3)CC2)C(=O)N1c1ccc(F)cc1. The number of benzene rings is 1.